The van der Waals surface area contributed by atoms with Gasteiger partial charge in [0.25, 0.3) is 0 Å². The molecule has 1 rings (SSSR count). The Labute approximate surface area is 129 Å². The zero-order valence-electron chi connectivity index (χ0n) is 12.9. The van der Waals surface area contributed by atoms with Crippen LogP contribution in [-0.4, -0.2) is 48.6 Å². The van der Waals surface area contributed by atoms with Crippen LogP contribution in [0.25, 0.3) is 0 Å². The third kappa shape index (κ3) is 5.32. The number of nitrogens with one attached hydrogen (secondary N) is 2. The number of methoxy groups -OCH3 is 3. The van der Waals surface area contributed by atoms with Crippen LogP contribution in [0.15, 0.2) is 12.1 Å². The number of carbonyl (C=O) groups excluding carboxylic acids is 1. The number of hydrogen-bond donors (Lipinski definition) is 2. The van der Waals surface area contributed by atoms with Gasteiger partial charge in [0.05, 0.1) is 33.3 Å². The van der Waals surface area contributed by atoms with Gasteiger partial charge in [-0.2, -0.15) is 0 Å². The number of amides is 1. The SMILES string of the molecule is COC(=O)NCCc1cc(OC)c(OC)cc1NS(C)(=O)=O. The van der Waals surface area contributed by atoms with Crippen LogP contribution in [0.3, 0.4) is 0 Å². The Morgan fingerprint density at radius 2 is 1.73 bits per heavy atom. The zero-order valence-corrected chi connectivity index (χ0v) is 13.7. The number of alkyl carbamates (subject to hydrolysis) is 1. The maximum absolute atomic E-state index is 11.5. The number of hydrogen-bond acceptors (Lipinski definition) is 6. The normalized spacial score (nSPS) is 10.7. The third-order valence-corrected chi connectivity index (χ3v) is 3.34. The molecule has 1 aromatic carbocycles. The predicted molar refractivity (Wildman–Crippen MR) is 82.1 cm³/mol. The summed E-state index contributed by atoms with van der Waals surface area (Å²) in [6.45, 7) is 0.278. The van der Waals surface area contributed by atoms with E-state index >= 15 is 0 Å². The molecule has 0 saturated carbocycles. The van der Waals surface area contributed by atoms with Crippen LogP contribution in [0.5, 0.6) is 11.5 Å². The summed E-state index contributed by atoms with van der Waals surface area (Å²) in [5, 5.41) is 2.53. The molecule has 0 atom stereocenters. The molecule has 0 bridgehead atoms. The Morgan fingerprint density at radius 1 is 1.14 bits per heavy atom. The van der Waals surface area contributed by atoms with Gasteiger partial charge >= 0.3 is 6.09 Å². The van der Waals surface area contributed by atoms with Gasteiger partial charge in [-0.15, -0.1) is 0 Å². The molecule has 1 amide bonds. The minimum atomic E-state index is -3.45. The van der Waals surface area contributed by atoms with Crippen molar-refractivity contribution in [2.24, 2.45) is 0 Å². The second-order valence-corrected chi connectivity index (χ2v) is 6.16. The van der Waals surface area contributed by atoms with Crippen LogP contribution in [0.2, 0.25) is 0 Å². The van der Waals surface area contributed by atoms with Crippen molar-refractivity contribution in [2.75, 3.05) is 38.9 Å². The molecule has 1 aromatic rings. The van der Waals surface area contributed by atoms with Gasteiger partial charge in [-0.05, 0) is 18.1 Å². The van der Waals surface area contributed by atoms with E-state index in [0.29, 0.717) is 29.2 Å². The monoisotopic (exact) mass is 332 g/mol. The largest absolute Gasteiger partial charge is 0.493 e. The van der Waals surface area contributed by atoms with Crippen molar-refractivity contribution in [3.8, 4) is 11.5 Å². The fraction of sp³-hybridized carbons (Fsp3) is 0.462. The lowest BCUT2D eigenvalue weighted by molar-refractivity contribution is 0.171. The molecule has 0 radical (unpaired) electrons. The van der Waals surface area contributed by atoms with Crippen LogP contribution in [0, 0.1) is 0 Å². The molecule has 0 aliphatic heterocycles. The summed E-state index contributed by atoms with van der Waals surface area (Å²) in [5.74, 6) is 0.868. The molecule has 0 spiro atoms. The van der Waals surface area contributed by atoms with E-state index in [4.69, 9.17) is 9.47 Å². The molecule has 9 heteroatoms. The Balaban J connectivity index is 3.07. The summed E-state index contributed by atoms with van der Waals surface area (Å²) in [6, 6.07) is 3.19. The summed E-state index contributed by atoms with van der Waals surface area (Å²) in [7, 11) is 0.761. The Kier molecular flexibility index (Phi) is 6.29. The number of carbonyl (C=O) groups is 1. The molecule has 0 aromatic heterocycles. The number of anilines is 1. The van der Waals surface area contributed by atoms with E-state index in [1.54, 1.807) is 6.07 Å². The van der Waals surface area contributed by atoms with E-state index in [9.17, 15) is 13.2 Å². The maximum Gasteiger partial charge on any atom is 0.406 e. The molecule has 0 aliphatic rings. The van der Waals surface area contributed by atoms with Crippen molar-refractivity contribution in [1.29, 1.82) is 0 Å². The van der Waals surface area contributed by atoms with Crippen molar-refractivity contribution in [1.82, 2.24) is 5.32 Å². The van der Waals surface area contributed by atoms with Gasteiger partial charge in [-0.1, -0.05) is 0 Å². The van der Waals surface area contributed by atoms with E-state index in [1.807, 2.05) is 0 Å². The van der Waals surface area contributed by atoms with Gasteiger partial charge in [0, 0.05) is 12.6 Å². The Hall–Kier alpha value is -2.16. The average Bonchev–Trinajstić information content (AvgIpc) is 2.46. The van der Waals surface area contributed by atoms with Crippen molar-refractivity contribution in [3.63, 3.8) is 0 Å². The minimum absolute atomic E-state index is 0.278. The van der Waals surface area contributed by atoms with Crippen LogP contribution < -0.4 is 19.5 Å². The number of sulfonamides is 1. The first-order valence-corrected chi connectivity index (χ1v) is 8.24. The standard InChI is InChI=1S/C13H20N2O6S/c1-19-11-7-9(5-6-14-13(16)21-3)10(8-12(11)20-2)15-22(4,17)18/h7-8,15H,5-6H2,1-4H3,(H,14,16). The van der Waals surface area contributed by atoms with Crippen molar-refractivity contribution in [3.05, 3.63) is 17.7 Å². The number of ether oxygens (including phenoxy) is 3. The highest BCUT2D eigenvalue weighted by atomic mass is 32.2. The van der Waals surface area contributed by atoms with Gasteiger partial charge in [-0.3, -0.25) is 4.72 Å². The van der Waals surface area contributed by atoms with E-state index in [1.165, 1.54) is 27.4 Å². The highest BCUT2D eigenvalue weighted by molar-refractivity contribution is 7.92. The minimum Gasteiger partial charge on any atom is -0.493 e. The molecule has 8 nitrogen and oxygen atoms in total. The number of rotatable bonds is 7. The lowest BCUT2D eigenvalue weighted by Crippen LogP contribution is -2.25. The Bertz CT molecular complexity index is 630. The maximum atomic E-state index is 11.5. The van der Waals surface area contributed by atoms with E-state index < -0.39 is 16.1 Å². The summed E-state index contributed by atoms with van der Waals surface area (Å²) in [5.41, 5.74) is 1.02. The second kappa shape index (κ2) is 7.74. The van der Waals surface area contributed by atoms with Crippen molar-refractivity contribution < 1.29 is 27.4 Å². The lowest BCUT2D eigenvalue weighted by Gasteiger charge is -2.15. The molecule has 0 saturated heterocycles. The fourth-order valence-corrected chi connectivity index (χ4v) is 2.38. The van der Waals surface area contributed by atoms with Crippen LogP contribution in [0.4, 0.5) is 10.5 Å². The number of benzene rings is 1. The molecular weight excluding hydrogens is 312 g/mol. The highest BCUT2D eigenvalue weighted by Gasteiger charge is 2.14. The van der Waals surface area contributed by atoms with Crippen LogP contribution >= 0.6 is 0 Å². The van der Waals surface area contributed by atoms with Crippen molar-refractivity contribution >= 4 is 21.8 Å². The summed E-state index contributed by atoms with van der Waals surface area (Å²) in [6.07, 6.45) is 0.881. The van der Waals surface area contributed by atoms with E-state index in [2.05, 4.69) is 14.8 Å². The molecule has 124 valence electrons. The Morgan fingerprint density at radius 3 is 2.23 bits per heavy atom. The van der Waals surface area contributed by atoms with Crippen molar-refractivity contribution in [2.45, 2.75) is 6.42 Å². The molecule has 0 unspecified atom stereocenters. The molecular formula is C13H20N2O6S. The second-order valence-electron chi connectivity index (χ2n) is 4.41. The van der Waals surface area contributed by atoms with E-state index in [-0.39, 0.29) is 6.54 Å². The van der Waals surface area contributed by atoms with E-state index in [0.717, 1.165) is 6.26 Å². The predicted octanol–water partition coefficient (Wildman–Crippen LogP) is 0.974. The van der Waals surface area contributed by atoms with Crippen LogP contribution in [-0.2, 0) is 21.2 Å². The lowest BCUT2D eigenvalue weighted by atomic mass is 10.1. The first-order valence-electron chi connectivity index (χ1n) is 6.35. The van der Waals surface area contributed by atoms with Gasteiger partial charge < -0.3 is 19.5 Å². The van der Waals surface area contributed by atoms with Gasteiger partial charge in [0.1, 0.15) is 0 Å². The average molecular weight is 332 g/mol. The summed E-state index contributed by atoms with van der Waals surface area (Å²) in [4.78, 5) is 11.0. The van der Waals surface area contributed by atoms with Crippen LogP contribution in [0.1, 0.15) is 5.56 Å². The highest BCUT2D eigenvalue weighted by Crippen LogP contribution is 2.33. The zero-order chi connectivity index (χ0) is 16.8. The third-order valence-electron chi connectivity index (χ3n) is 2.75. The molecule has 22 heavy (non-hydrogen) atoms. The first kappa shape index (κ1) is 17.9. The van der Waals surface area contributed by atoms with Gasteiger partial charge in [0.15, 0.2) is 11.5 Å². The molecule has 0 fully saturated rings. The quantitative estimate of drug-likeness (QED) is 0.771. The summed E-state index contributed by atoms with van der Waals surface area (Å²) < 4.78 is 40.2. The smallest absolute Gasteiger partial charge is 0.406 e. The topological polar surface area (TPSA) is 103 Å². The first-order chi connectivity index (χ1) is 10.3. The molecule has 0 heterocycles. The molecule has 0 aliphatic carbocycles. The molecule has 2 N–H and O–H groups in total. The fourth-order valence-electron chi connectivity index (χ4n) is 1.79. The van der Waals surface area contributed by atoms with Gasteiger partial charge in [0.2, 0.25) is 10.0 Å². The van der Waals surface area contributed by atoms with Gasteiger partial charge in [-0.25, -0.2) is 13.2 Å². The summed E-state index contributed by atoms with van der Waals surface area (Å²) >= 11 is 0.